The second-order valence-electron chi connectivity index (χ2n) is 13.8. The van der Waals surface area contributed by atoms with Gasteiger partial charge >= 0.3 is 0 Å². The van der Waals surface area contributed by atoms with Crippen LogP contribution in [0.3, 0.4) is 0 Å². The number of aryl methyl sites for hydroxylation is 5. The van der Waals surface area contributed by atoms with Crippen LogP contribution in [0.15, 0.2) is 158 Å². The maximum absolute atomic E-state index is 2.44. The highest BCUT2D eigenvalue weighted by Gasteiger charge is 2.22. The lowest BCUT2D eigenvalue weighted by atomic mass is 9.36. The fourth-order valence-corrected chi connectivity index (χ4v) is 6.81. The van der Waals surface area contributed by atoms with Crippen molar-refractivity contribution in [2.24, 2.45) is 0 Å². The van der Waals surface area contributed by atoms with Crippen LogP contribution >= 0.6 is 0 Å². The maximum Gasteiger partial charge on any atom is 0.241 e. The molecule has 0 atom stereocenters. The quantitative estimate of drug-likeness (QED) is 0.147. The molecule has 0 amide bonds. The first kappa shape index (κ1) is 32.2. The van der Waals surface area contributed by atoms with Crippen LogP contribution in [0, 0.1) is 34.6 Å². The van der Waals surface area contributed by atoms with Crippen molar-refractivity contribution < 1.29 is 0 Å². The molecule has 0 aliphatic heterocycles. The van der Waals surface area contributed by atoms with Crippen molar-refractivity contribution in [1.29, 1.82) is 0 Å². The van der Waals surface area contributed by atoms with E-state index in [2.05, 4.69) is 192 Å². The summed E-state index contributed by atoms with van der Waals surface area (Å²) < 4.78 is 0. The van der Waals surface area contributed by atoms with Gasteiger partial charge in [-0.1, -0.05) is 178 Å². The first-order valence-corrected chi connectivity index (χ1v) is 17.4. The number of hydrogen-bond donors (Lipinski definition) is 0. The molecule has 0 aliphatic carbocycles. The summed E-state index contributed by atoms with van der Waals surface area (Å²) in [6.07, 6.45) is 0.895. The van der Waals surface area contributed by atoms with E-state index in [9.17, 15) is 0 Å². The lowest BCUT2D eigenvalue weighted by Gasteiger charge is -2.18. The van der Waals surface area contributed by atoms with Crippen molar-refractivity contribution in [1.82, 2.24) is 0 Å². The molecule has 0 saturated carbocycles. The molecule has 0 unspecified atom stereocenters. The Kier molecular flexibility index (Phi) is 9.18. The van der Waals surface area contributed by atoms with Gasteiger partial charge < -0.3 is 0 Å². The fraction of sp³-hybridized carbons (Fsp3) is 0.125. The van der Waals surface area contributed by atoms with Gasteiger partial charge in [0.15, 0.2) is 0 Å². The zero-order valence-electron chi connectivity index (χ0n) is 29.3. The number of rotatable bonds is 8. The van der Waals surface area contributed by atoms with Crippen LogP contribution in [-0.2, 0) is 6.42 Å². The van der Waals surface area contributed by atoms with Crippen molar-refractivity contribution in [3.05, 3.63) is 197 Å². The highest BCUT2D eigenvalue weighted by molar-refractivity contribution is 6.95. The first-order valence-electron chi connectivity index (χ1n) is 17.4. The third-order valence-corrected chi connectivity index (χ3v) is 9.91. The zero-order valence-corrected chi connectivity index (χ0v) is 29.3. The molecule has 0 N–H and O–H groups in total. The van der Waals surface area contributed by atoms with Crippen molar-refractivity contribution in [3.8, 4) is 33.4 Å². The lowest BCUT2D eigenvalue weighted by molar-refractivity contribution is 1.16. The summed E-state index contributed by atoms with van der Waals surface area (Å²) in [6.45, 7) is 11.0. The summed E-state index contributed by atoms with van der Waals surface area (Å²) in [4.78, 5) is 0. The number of hydrogen-bond acceptors (Lipinski definition) is 0. The Morgan fingerprint density at radius 3 is 1.08 bits per heavy atom. The Balaban J connectivity index is 1.21. The summed E-state index contributed by atoms with van der Waals surface area (Å²) in [5, 5.41) is 0. The van der Waals surface area contributed by atoms with E-state index in [0.717, 1.165) is 6.42 Å². The molecular formula is C48H43B. The highest BCUT2D eigenvalue weighted by Crippen LogP contribution is 2.33. The van der Waals surface area contributed by atoms with Gasteiger partial charge in [-0.05, 0) is 109 Å². The minimum atomic E-state index is 0.187. The average Bonchev–Trinajstić information content (AvgIpc) is 3.12. The molecule has 0 nitrogen and oxygen atoms in total. The van der Waals surface area contributed by atoms with Crippen molar-refractivity contribution in [3.63, 3.8) is 0 Å². The topological polar surface area (TPSA) is 0 Å². The SMILES string of the molecule is Cc1ccc(B(c2ccc(C)cc2)c2ccc(C)c(Cc3ccc(-c4cc(-c5ccc(C)cc5)cc(-c5ccc(C)cc5)c4)cc3)c2)cc1. The van der Waals surface area contributed by atoms with Crippen molar-refractivity contribution in [2.45, 2.75) is 41.0 Å². The minimum Gasteiger partial charge on any atom is -0.0687 e. The van der Waals surface area contributed by atoms with E-state index >= 15 is 0 Å². The molecule has 0 saturated heterocycles. The molecule has 0 fully saturated rings. The normalized spacial score (nSPS) is 11.0. The summed E-state index contributed by atoms with van der Waals surface area (Å²) in [5.74, 6) is 0. The summed E-state index contributed by atoms with van der Waals surface area (Å²) >= 11 is 0. The molecule has 7 aromatic rings. The molecule has 49 heavy (non-hydrogen) atoms. The first-order chi connectivity index (χ1) is 23.8. The molecule has 7 rings (SSSR count). The lowest BCUT2D eigenvalue weighted by Crippen LogP contribution is -2.52. The van der Waals surface area contributed by atoms with Crippen LogP contribution in [0.1, 0.15) is 38.9 Å². The second kappa shape index (κ2) is 14.0. The average molecular weight is 631 g/mol. The predicted octanol–water partition coefficient (Wildman–Crippen LogP) is 10.3. The molecule has 0 heterocycles. The molecule has 7 aromatic carbocycles. The monoisotopic (exact) mass is 630 g/mol. The van der Waals surface area contributed by atoms with Crippen molar-refractivity contribution >= 4 is 23.1 Å². The Hall–Kier alpha value is -5.40. The molecule has 0 radical (unpaired) electrons. The van der Waals surface area contributed by atoms with Gasteiger partial charge in [0, 0.05) is 0 Å². The van der Waals surface area contributed by atoms with Gasteiger partial charge in [0.05, 0.1) is 0 Å². The molecule has 1 heteroatoms. The summed E-state index contributed by atoms with van der Waals surface area (Å²) in [7, 11) is 0. The van der Waals surface area contributed by atoms with Crippen LogP contribution in [0.5, 0.6) is 0 Å². The summed E-state index contributed by atoms with van der Waals surface area (Å²) in [5.41, 5.74) is 20.5. The molecular weight excluding hydrogens is 587 g/mol. The van der Waals surface area contributed by atoms with E-state index in [-0.39, 0.29) is 6.71 Å². The van der Waals surface area contributed by atoms with E-state index in [1.807, 2.05) is 0 Å². The Morgan fingerprint density at radius 1 is 0.327 bits per heavy atom. The van der Waals surface area contributed by atoms with Crippen LogP contribution < -0.4 is 16.4 Å². The largest absolute Gasteiger partial charge is 0.241 e. The standard InChI is InChI=1S/C48H43B/c1-33-6-17-39(18-7-33)43-29-44(40-19-8-34(2)9-20-40)31-45(30-43)41-21-15-38(16-22-41)28-42-32-48(27-14-37(42)5)49(46-23-10-35(3)11-24-46)47-25-12-36(4)13-26-47/h6-27,29-32H,28H2,1-5H3. The predicted molar refractivity (Wildman–Crippen MR) is 213 cm³/mol. The Bertz CT molecular complexity index is 2080. The smallest absolute Gasteiger partial charge is 0.0687 e. The van der Waals surface area contributed by atoms with Crippen LogP contribution in [0.2, 0.25) is 0 Å². The zero-order chi connectivity index (χ0) is 33.9. The van der Waals surface area contributed by atoms with Crippen molar-refractivity contribution in [2.75, 3.05) is 0 Å². The van der Waals surface area contributed by atoms with E-state index in [1.165, 1.54) is 88.7 Å². The van der Waals surface area contributed by atoms with Gasteiger partial charge in [0.25, 0.3) is 0 Å². The van der Waals surface area contributed by atoms with E-state index in [1.54, 1.807) is 0 Å². The van der Waals surface area contributed by atoms with E-state index in [0.29, 0.717) is 0 Å². The third kappa shape index (κ3) is 7.37. The molecule has 0 spiro atoms. The summed E-state index contributed by atoms with van der Waals surface area (Å²) in [6, 6.07) is 59.0. The van der Waals surface area contributed by atoms with Gasteiger partial charge in [0.2, 0.25) is 6.71 Å². The highest BCUT2D eigenvalue weighted by atomic mass is 14.1. The van der Waals surface area contributed by atoms with Crippen LogP contribution in [0.4, 0.5) is 0 Å². The fourth-order valence-electron chi connectivity index (χ4n) is 6.81. The van der Waals surface area contributed by atoms with Crippen LogP contribution in [-0.4, -0.2) is 6.71 Å². The van der Waals surface area contributed by atoms with Gasteiger partial charge in [-0.25, -0.2) is 0 Å². The van der Waals surface area contributed by atoms with E-state index in [4.69, 9.17) is 0 Å². The molecule has 0 aliphatic rings. The third-order valence-electron chi connectivity index (χ3n) is 9.91. The van der Waals surface area contributed by atoms with Crippen LogP contribution in [0.25, 0.3) is 33.4 Å². The van der Waals surface area contributed by atoms with Gasteiger partial charge in [-0.3, -0.25) is 0 Å². The Labute approximate surface area is 293 Å². The molecule has 0 aromatic heterocycles. The van der Waals surface area contributed by atoms with Gasteiger partial charge in [0.1, 0.15) is 0 Å². The number of benzene rings is 7. The molecule has 238 valence electrons. The Morgan fingerprint density at radius 2 is 0.673 bits per heavy atom. The minimum absolute atomic E-state index is 0.187. The molecule has 0 bridgehead atoms. The van der Waals surface area contributed by atoms with Gasteiger partial charge in [-0.15, -0.1) is 0 Å². The maximum atomic E-state index is 2.44. The second-order valence-corrected chi connectivity index (χ2v) is 13.8. The van der Waals surface area contributed by atoms with Gasteiger partial charge in [-0.2, -0.15) is 0 Å². The van der Waals surface area contributed by atoms with E-state index < -0.39 is 0 Å².